The molecule has 0 amide bonds. The lowest BCUT2D eigenvalue weighted by molar-refractivity contribution is 0.0809. The first-order chi connectivity index (χ1) is 18.2. The molecule has 3 aromatic heterocycles. The van der Waals surface area contributed by atoms with E-state index in [1.54, 1.807) is 7.11 Å². The number of methoxy groups -OCH3 is 1. The van der Waals surface area contributed by atoms with Crippen LogP contribution in [-0.2, 0) is 16.0 Å². The lowest BCUT2D eigenvalue weighted by atomic mass is 10.0. The Bertz CT molecular complexity index is 1340. The van der Waals surface area contributed by atoms with Gasteiger partial charge >= 0.3 is 0 Å². The number of H-pyrrole nitrogens is 1. The quantitative estimate of drug-likeness (QED) is 0.377. The number of benzene rings is 1. The van der Waals surface area contributed by atoms with Gasteiger partial charge in [-0.05, 0) is 45.1 Å². The first kappa shape index (κ1) is 24.7. The molecule has 9 nitrogen and oxygen atoms in total. The highest BCUT2D eigenvalue weighted by Crippen LogP contribution is 2.36. The normalized spacial score (nSPS) is 18.0. The van der Waals surface area contributed by atoms with Gasteiger partial charge < -0.3 is 19.3 Å². The molecule has 2 aliphatic rings. The van der Waals surface area contributed by atoms with Gasteiger partial charge in [-0.15, -0.1) is 11.3 Å². The van der Waals surface area contributed by atoms with E-state index in [2.05, 4.69) is 44.1 Å². The van der Waals surface area contributed by atoms with Gasteiger partial charge in [0, 0.05) is 55.2 Å². The van der Waals surface area contributed by atoms with Crippen LogP contribution in [0.5, 0.6) is 0 Å². The summed E-state index contributed by atoms with van der Waals surface area (Å²) in [6.45, 7) is 8.01. The van der Waals surface area contributed by atoms with E-state index in [4.69, 9.17) is 19.4 Å². The first-order valence-electron chi connectivity index (χ1n) is 13.2. The lowest BCUT2D eigenvalue weighted by Crippen LogP contribution is -2.44. The minimum atomic E-state index is 0.579. The standard InChI is InChI=1S/C27H35N7O2S/c1-32-8-6-19(7-9-32)34(10-13-35-2)18-20-16-24-25(37-20)27(33-11-14-36-15-12-33)30-26(29-24)21-4-3-5-23-22(21)17-28-31-23/h3-5,16-17,19H,6-15,18H2,1-2H3,(H,28,31). The fourth-order valence-electron chi connectivity index (χ4n) is 5.47. The predicted octanol–water partition coefficient (Wildman–Crippen LogP) is 3.61. The highest BCUT2D eigenvalue weighted by Gasteiger charge is 2.25. The van der Waals surface area contributed by atoms with E-state index in [1.807, 2.05) is 29.7 Å². The molecule has 0 atom stereocenters. The van der Waals surface area contributed by atoms with E-state index in [9.17, 15) is 0 Å². The van der Waals surface area contributed by atoms with Gasteiger partial charge in [-0.25, -0.2) is 9.97 Å². The van der Waals surface area contributed by atoms with Crippen molar-refractivity contribution in [1.29, 1.82) is 0 Å². The lowest BCUT2D eigenvalue weighted by Gasteiger charge is -2.37. The highest BCUT2D eigenvalue weighted by molar-refractivity contribution is 7.19. The molecular weight excluding hydrogens is 486 g/mol. The molecule has 0 aliphatic carbocycles. The summed E-state index contributed by atoms with van der Waals surface area (Å²) < 4.78 is 12.3. The average molecular weight is 522 g/mol. The minimum Gasteiger partial charge on any atom is -0.383 e. The summed E-state index contributed by atoms with van der Waals surface area (Å²) in [5.41, 5.74) is 3.01. The Morgan fingerprint density at radius 1 is 1.16 bits per heavy atom. The molecule has 37 heavy (non-hydrogen) atoms. The summed E-state index contributed by atoms with van der Waals surface area (Å²) in [6, 6.07) is 9.01. The van der Waals surface area contributed by atoms with Gasteiger partial charge in [0.15, 0.2) is 11.6 Å². The smallest absolute Gasteiger partial charge is 0.162 e. The zero-order chi connectivity index (χ0) is 25.2. The average Bonchev–Trinajstić information content (AvgIpc) is 3.58. The zero-order valence-electron chi connectivity index (χ0n) is 21.7. The van der Waals surface area contributed by atoms with Crippen LogP contribution in [0.2, 0.25) is 0 Å². The molecule has 196 valence electrons. The topological polar surface area (TPSA) is 82.6 Å². The third-order valence-corrected chi connectivity index (χ3v) is 8.69. The number of hydrogen-bond acceptors (Lipinski definition) is 9. The Kier molecular flexibility index (Phi) is 7.34. The number of thiophene rings is 1. The van der Waals surface area contributed by atoms with Crippen molar-refractivity contribution >= 4 is 38.3 Å². The van der Waals surface area contributed by atoms with Crippen LogP contribution in [0.1, 0.15) is 17.7 Å². The van der Waals surface area contributed by atoms with E-state index >= 15 is 0 Å². The Balaban J connectivity index is 1.38. The van der Waals surface area contributed by atoms with Gasteiger partial charge in [0.1, 0.15) is 0 Å². The summed E-state index contributed by atoms with van der Waals surface area (Å²) in [6.07, 6.45) is 4.26. The van der Waals surface area contributed by atoms with Crippen LogP contribution >= 0.6 is 11.3 Å². The number of piperidine rings is 1. The van der Waals surface area contributed by atoms with Crippen molar-refractivity contribution in [2.75, 3.05) is 71.6 Å². The van der Waals surface area contributed by atoms with Gasteiger partial charge in [0.05, 0.1) is 41.8 Å². The molecule has 0 spiro atoms. The molecular formula is C27H35N7O2S. The number of aromatic nitrogens is 4. The Morgan fingerprint density at radius 2 is 2.00 bits per heavy atom. The number of likely N-dealkylation sites (tertiary alicyclic amines) is 1. The Morgan fingerprint density at radius 3 is 2.81 bits per heavy atom. The van der Waals surface area contributed by atoms with Gasteiger partial charge in [-0.2, -0.15) is 5.10 Å². The number of nitrogens with zero attached hydrogens (tertiary/aromatic N) is 6. The molecule has 0 unspecified atom stereocenters. The van der Waals surface area contributed by atoms with Crippen LogP contribution < -0.4 is 4.90 Å². The molecule has 10 heteroatoms. The Labute approximate surface area is 221 Å². The van der Waals surface area contributed by atoms with E-state index in [0.29, 0.717) is 6.04 Å². The second-order valence-corrected chi connectivity index (χ2v) is 11.2. The van der Waals surface area contributed by atoms with Crippen molar-refractivity contribution in [3.63, 3.8) is 0 Å². The summed E-state index contributed by atoms with van der Waals surface area (Å²) in [4.78, 5) is 19.0. The van der Waals surface area contributed by atoms with Crippen molar-refractivity contribution in [3.8, 4) is 11.4 Å². The number of ether oxygens (including phenoxy) is 2. The number of nitrogens with one attached hydrogen (secondary N) is 1. The van der Waals surface area contributed by atoms with Crippen LogP contribution in [0.15, 0.2) is 30.5 Å². The van der Waals surface area contributed by atoms with E-state index in [0.717, 1.165) is 97.4 Å². The maximum Gasteiger partial charge on any atom is 0.162 e. The maximum absolute atomic E-state index is 5.65. The first-order valence-corrected chi connectivity index (χ1v) is 14.0. The van der Waals surface area contributed by atoms with E-state index < -0.39 is 0 Å². The second-order valence-electron chi connectivity index (χ2n) is 10.0. The monoisotopic (exact) mass is 521 g/mol. The van der Waals surface area contributed by atoms with E-state index in [-0.39, 0.29) is 0 Å². The van der Waals surface area contributed by atoms with Gasteiger partial charge in [0.25, 0.3) is 0 Å². The molecule has 0 saturated carbocycles. The van der Waals surface area contributed by atoms with Crippen LogP contribution in [0.3, 0.4) is 0 Å². The fourth-order valence-corrected chi connectivity index (χ4v) is 6.61. The summed E-state index contributed by atoms with van der Waals surface area (Å²) in [5, 5.41) is 8.36. The van der Waals surface area contributed by atoms with Crippen molar-refractivity contribution in [2.45, 2.75) is 25.4 Å². The predicted molar refractivity (Wildman–Crippen MR) is 148 cm³/mol. The molecule has 2 aliphatic heterocycles. The molecule has 5 heterocycles. The maximum atomic E-state index is 5.65. The number of rotatable bonds is 8. The molecule has 1 aromatic carbocycles. The number of aromatic amines is 1. The van der Waals surface area contributed by atoms with Gasteiger partial charge in [-0.3, -0.25) is 10.00 Å². The molecule has 0 bridgehead atoms. The second kappa shape index (κ2) is 11.0. The van der Waals surface area contributed by atoms with Crippen molar-refractivity contribution < 1.29 is 9.47 Å². The molecule has 4 aromatic rings. The Hall–Kier alpha value is -2.63. The van der Waals surface area contributed by atoms with Gasteiger partial charge in [0.2, 0.25) is 0 Å². The number of fused-ring (bicyclic) bond motifs is 2. The van der Waals surface area contributed by atoms with Gasteiger partial charge in [-0.1, -0.05) is 12.1 Å². The van der Waals surface area contributed by atoms with Crippen molar-refractivity contribution in [3.05, 3.63) is 35.3 Å². The third kappa shape index (κ3) is 5.21. The SMILES string of the molecule is COCCN(Cc1cc2nc(-c3cccc4[nH]ncc34)nc(N3CCOCC3)c2s1)C1CCN(C)CC1. The molecule has 2 saturated heterocycles. The minimum absolute atomic E-state index is 0.579. The molecule has 2 fully saturated rings. The van der Waals surface area contributed by atoms with Crippen LogP contribution in [0.25, 0.3) is 32.5 Å². The number of morpholine rings is 1. The molecule has 6 rings (SSSR count). The zero-order valence-corrected chi connectivity index (χ0v) is 22.5. The van der Waals surface area contributed by atoms with Crippen LogP contribution in [-0.4, -0.2) is 103 Å². The summed E-state index contributed by atoms with van der Waals surface area (Å²) in [7, 11) is 4.01. The van der Waals surface area contributed by atoms with Crippen LogP contribution in [0, 0.1) is 0 Å². The largest absolute Gasteiger partial charge is 0.383 e. The van der Waals surface area contributed by atoms with E-state index in [1.165, 1.54) is 17.7 Å². The number of anilines is 1. The van der Waals surface area contributed by atoms with Crippen LogP contribution in [0.4, 0.5) is 5.82 Å². The third-order valence-electron chi connectivity index (χ3n) is 7.59. The summed E-state index contributed by atoms with van der Waals surface area (Å²) >= 11 is 1.83. The highest BCUT2D eigenvalue weighted by atomic mass is 32.1. The van der Waals surface area contributed by atoms with Crippen molar-refractivity contribution in [2.24, 2.45) is 0 Å². The molecule has 1 N–H and O–H groups in total. The fraction of sp³-hybridized carbons (Fsp3) is 0.519. The summed E-state index contributed by atoms with van der Waals surface area (Å²) in [5.74, 6) is 1.76. The van der Waals surface area contributed by atoms with Crippen molar-refractivity contribution in [1.82, 2.24) is 30.0 Å². The number of hydrogen-bond donors (Lipinski definition) is 1. The molecule has 0 radical (unpaired) electrons.